The van der Waals surface area contributed by atoms with Gasteiger partial charge in [0.2, 0.25) is 35.5 Å². The van der Waals surface area contributed by atoms with E-state index in [0.29, 0.717) is 51.2 Å². The number of nitrogens with one attached hydrogen (secondary N) is 3. The van der Waals surface area contributed by atoms with Crippen molar-refractivity contribution >= 4 is 35.5 Å². The second kappa shape index (κ2) is 26.3. The Bertz CT molecular complexity index is 2480. The molecule has 0 radical (unpaired) electrons. The number of hydrogen-bond acceptors (Lipinski definition) is 15. The Morgan fingerprint density at radius 2 is 1.08 bits per heavy atom. The van der Waals surface area contributed by atoms with Gasteiger partial charge in [0.05, 0.1) is 43.4 Å². The third-order valence-corrected chi connectivity index (χ3v) is 12.8. The number of amides is 4. The monoisotopic (exact) mass is 976 g/mol. The minimum atomic E-state index is -0.998. The molecule has 4 amide bonds. The molecule has 6 rings (SSSR count). The third-order valence-electron chi connectivity index (χ3n) is 12.8. The van der Waals surface area contributed by atoms with Crippen LogP contribution in [-0.4, -0.2) is 164 Å². The fourth-order valence-corrected chi connectivity index (χ4v) is 8.62. The summed E-state index contributed by atoms with van der Waals surface area (Å²) in [6, 6.07) is 17.1. The van der Waals surface area contributed by atoms with E-state index in [9.17, 15) is 19.2 Å². The zero-order chi connectivity index (χ0) is 50.9. The average Bonchev–Trinajstić information content (AvgIpc) is 4.22. The molecule has 4 aromatic rings. The Morgan fingerprint density at radius 3 is 1.49 bits per heavy atom. The van der Waals surface area contributed by atoms with E-state index in [1.165, 1.54) is 0 Å². The standard InChI is InChI=1S/C50H69N15O6/c1-35(2)45(66)52-43(47(68)62-27-19-25-41(62)33-64-49(54-56-58-64)60(7)31-39-21-13-11-14-22-39)37(4)70-29-17-9-10-18-30-71-38(5)44(53-46(67)36(3)51-6)48(69)63-28-20-26-42(63)34-65-50(55-57-59-65)61(8)32-40-23-15-12-16-24-40/h11-16,21-24,35-38,41-44,51H,19-20,25-34H2,1-8H3,(H,52,66)(H,53,67)/t36-,37+,38?,41?,42-,43-,44-/m0/s1. The van der Waals surface area contributed by atoms with Gasteiger partial charge < -0.3 is 45.0 Å². The Kier molecular flexibility index (Phi) is 19.8. The summed E-state index contributed by atoms with van der Waals surface area (Å²) in [6.07, 6.45) is 1.59. The van der Waals surface area contributed by atoms with E-state index in [1.807, 2.05) is 84.6 Å². The van der Waals surface area contributed by atoms with E-state index in [-0.39, 0.29) is 54.8 Å². The van der Waals surface area contributed by atoms with Crippen LogP contribution < -0.4 is 25.8 Å². The number of aromatic nitrogens is 8. The summed E-state index contributed by atoms with van der Waals surface area (Å²) in [5.41, 5.74) is 2.22. The minimum Gasteiger partial charge on any atom is -0.363 e. The van der Waals surface area contributed by atoms with Crippen LogP contribution in [0.25, 0.3) is 0 Å². The molecule has 2 aromatic heterocycles. The molecule has 2 aliphatic heterocycles. The zero-order valence-electron chi connectivity index (χ0n) is 42.2. The van der Waals surface area contributed by atoms with Gasteiger partial charge in [-0.25, -0.2) is 9.36 Å². The van der Waals surface area contributed by atoms with Crippen molar-refractivity contribution < 1.29 is 28.7 Å². The quantitative estimate of drug-likeness (QED) is 0.0900. The molecule has 21 heteroatoms. The van der Waals surface area contributed by atoms with Gasteiger partial charge in [-0.15, -0.1) is 0 Å². The van der Waals surface area contributed by atoms with Crippen molar-refractivity contribution in [3.63, 3.8) is 0 Å². The first kappa shape index (κ1) is 53.4. The summed E-state index contributed by atoms with van der Waals surface area (Å²) in [5, 5.41) is 33.7. The SMILES string of the molecule is CN[C@@H](C)C(=O)N[C@H](C(=O)N1CCC[C@H]1Cn1nnnc1N(C)Cc1ccccc1)C(C)OCC#CC#CCO[C@H](C)[C@H](NC(=O)C(C)C)C(=O)N1CCCC1Cn1nnnc1N(C)Cc1ccccc1. The summed E-state index contributed by atoms with van der Waals surface area (Å²) in [6.45, 7) is 11.6. The normalized spacial score (nSPS) is 17.5. The largest absolute Gasteiger partial charge is 0.363 e. The van der Waals surface area contributed by atoms with Crippen LogP contribution in [-0.2, 0) is 54.8 Å². The number of carbonyl (C=O) groups excluding carboxylic acids is 4. The van der Waals surface area contributed by atoms with Gasteiger partial charge >= 0.3 is 0 Å². The van der Waals surface area contributed by atoms with Crippen LogP contribution in [0, 0.1) is 29.6 Å². The molecule has 71 heavy (non-hydrogen) atoms. The zero-order valence-corrected chi connectivity index (χ0v) is 42.2. The number of tetrazole rings is 2. The van der Waals surface area contributed by atoms with Crippen molar-refractivity contribution in [3.05, 3.63) is 71.8 Å². The molecule has 0 aliphatic carbocycles. The van der Waals surface area contributed by atoms with Gasteiger partial charge in [0.1, 0.15) is 25.3 Å². The lowest BCUT2D eigenvalue weighted by Crippen LogP contribution is -2.58. The Morgan fingerprint density at radius 1 is 0.662 bits per heavy atom. The highest BCUT2D eigenvalue weighted by Crippen LogP contribution is 2.25. The fourth-order valence-electron chi connectivity index (χ4n) is 8.62. The van der Waals surface area contributed by atoms with E-state index in [2.05, 4.69) is 70.7 Å². The van der Waals surface area contributed by atoms with Crippen LogP contribution in [0.5, 0.6) is 0 Å². The van der Waals surface area contributed by atoms with Crippen molar-refractivity contribution in [3.8, 4) is 23.7 Å². The topological polar surface area (TPSA) is 223 Å². The summed E-state index contributed by atoms with van der Waals surface area (Å²) < 4.78 is 15.5. The van der Waals surface area contributed by atoms with Crippen LogP contribution in [0.4, 0.5) is 11.9 Å². The summed E-state index contributed by atoms with van der Waals surface area (Å²) in [5.74, 6) is 10.9. The number of carbonyl (C=O) groups is 4. The molecule has 2 unspecified atom stereocenters. The predicted molar refractivity (Wildman–Crippen MR) is 266 cm³/mol. The van der Waals surface area contributed by atoms with E-state index in [1.54, 1.807) is 60.8 Å². The van der Waals surface area contributed by atoms with Crippen LogP contribution in [0.3, 0.4) is 0 Å². The van der Waals surface area contributed by atoms with Crippen molar-refractivity contribution in [1.29, 1.82) is 0 Å². The number of anilines is 2. The van der Waals surface area contributed by atoms with E-state index in [4.69, 9.17) is 9.47 Å². The molecule has 7 atom stereocenters. The molecule has 2 aromatic carbocycles. The number of rotatable bonds is 23. The van der Waals surface area contributed by atoms with E-state index >= 15 is 0 Å². The van der Waals surface area contributed by atoms with E-state index < -0.39 is 30.3 Å². The van der Waals surface area contributed by atoms with Crippen LogP contribution in [0.2, 0.25) is 0 Å². The van der Waals surface area contributed by atoms with Crippen LogP contribution in [0.1, 0.15) is 71.4 Å². The van der Waals surface area contributed by atoms with Gasteiger partial charge in [-0.05, 0) is 97.3 Å². The lowest BCUT2D eigenvalue weighted by Gasteiger charge is -2.32. The van der Waals surface area contributed by atoms with Gasteiger partial charge in [0.15, 0.2) is 0 Å². The highest BCUT2D eigenvalue weighted by molar-refractivity contribution is 5.90. The Labute approximate surface area is 416 Å². The molecular weight excluding hydrogens is 907 g/mol. The molecule has 21 nitrogen and oxygen atoms in total. The molecule has 380 valence electrons. The second-order valence-electron chi connectivity index (χ2n) is 18.4. The van der Waals surface area contributed by atoms with E-state index in [0.717, 1.165) is 36.8 Å². The van der Waals surface area contributed by atoms with Crippen molar-refractivity contribution in [2.75, 3.05) is 57.2 Å². The fraction of sp³-hybridized carbons (Fsp3) is 0.560. The van der Waals surface area contributed by atoms with Gasteiger partial charge in [-0.1, -0.05) is 96.5 Å². The third kappa shape index (κ3) is 14.8. The molecular formula is C50H69N15O6. The lowest BCUT2D eigenvalue weighted by molar-refractivity contribution is -0.142. The first-order chi connectivity index (χ1) is 34.2. The van der Waals surface area contributed by atoms with Crippen molar-refractivity contribution in [2.24, 2.45) is 5.92 Å². The van der Waals surface area contributed by atoms with Crippen LogP contribution in [0.15, 0.2) is 60.7 Å². The smallest absolute Gasteiger partial charge is 0.248 e. The number of hydrogen-bond donors (Lipinski definition) is 3. The Hall–Kier alpha value is -6.94. The number of likely N-dealkylation sites (N-methyl/N-ethyl adjacent to an activating group) is 1. The predicted octanol–water partition coefficient (Wildman–Crippen LogP) is 1.67. The minimum absolute atomic E-state index is 0.0572. The summed E-state index contributed by atoms with van der Waals surface area (Å²) >= 11 is 0. The van der Waals surface area contributed by atoms with Crippen molar-refractivity contribution in [2.45, 2.75) is 129 Å². The molecule has 2 aliphatic rings. The number of benzene rings is 2. The molecule has 2 saturated heterocycles. The Balaban J connectivity index is 1.03. The molecule has 0 saturated carbocycles. The second-order valence-corrected chi connectivity index (χ2v) is 18.4. The molecule has 0 bridgehead atoms. The molecule has 0 spiro atoms. The highest BCUT2D eigenvalue weighted by Gasteiger charge is 2.40. The van der Waals surface area contributed by atoms with Crippen LogP contribution >= 0.6 is 0 Å². The summed E-state index contributed by atoms with van der Waals surface area (Å²) in [7, 11) is 5.52. The first-order valence-corrected chi connectivity index (χ1v) is 24.4. The van der Waals surface area contributed by atoms with Gasteiger partial charge in [0.25, 0.3) is 0 Å². The first-order valence-electron chi connectivity index (χ1n) is 24.4. The average molecular weight is 976 g/mol. The summed E-state index contributed by atoms with van der Waals surface area (Å²) in [4.78, 5) is 62.3. The lowest BCUT2D eigenvalue weighted by atomic mass is 10.1. The van der Waals surface area contributed by atoms with Gasteiger partial charge in [0, 0.05) is 46.2 Å². The number of likely N-dealkylation sites (tertiary alicyclic amines) is 2. The molecule has 2 fully saturated rings. The molecule has 3 N–H and O–H groups in total. The maximum absolute atomic E-state index is 14.3. The maximum Gasteiger partial charge on any atom is 0.248 e. The van der Waals surface area contributed by atoms with Crippen molar-refractivity contribution in [1.82, 2.24) is 66.2 Å². The number of nitrogens with zero attached hydrogens (tertiary/aromatic N) is 12. The van der Waals surface area contributed by atoms with Gasteiger partial charge in [-0.3, -0.25) is 19.2 Å². The molecule has 4 heterocycles. The van der Waals surface area contributed by atoms with Gasteiger partial charge in [-0.2, -0.15) is 0 Å². The maximum atomic E-state index is 14.3. The number of ether oxygens (including phenoxy) is 2. The highest BCUT2D eigenvalue weighted by atomic mass is 16.5.